The monoisotopic (exact) mass is 384 g/mol. The van der Waals surface area contributed by atoms with Crippen LogP contribution in [0.2, 0.25) is 0 Å². The third kappa shape index (κ3) is 30.1. The lowest BCUT2D eigenvalue weighted by molar-refractivity contribution is 0.341. The fourth-order valence-corrected chi connectivity index (χ4v) is 2.73. The zero-order chi connectivity index (χ0) is 18.1. The van der Waals surface area contributed by atoms with Gasteiger partial charge in [0.1, 0.15) is 23.9 Å². The SMILES string of the molecule is CCCCCCCCCCCCO[SH]=O.CCCCCCO[SH]=O. The van der Waals surface area contributed by atoms with E-state index in [1.165, 1.54) is 77.0 Å². The summed E-state index contributed by atoms with van der Waals surface area (Å²) in [6.45, 7) is 5.68. The Kier molecular flexibility index (Phi) is 30.9. The highest BCUT2D eigenvalue weighted by atomic mass is 32.2. The van der Waals surface area contributed by atoms with E-state index in [0.29, 0.717) is 13.2 Å². The molecule has 0 fully saturated rings. The van der Waals surface area contributed by atoms with Crippen LogP contribution in [0.1, 0.15) is 104 Å². The summed E-state index contributed by atoms with van der Waals surface area (Å²) in [7, 11) is 0. The number of thiol groups is 2. The van der Waals surface area contributed by atoms with Crippen molar-refractivity contribution in [1.29, 1.82) is 0 Å². The van der Waals surface area contributed by atoms with Crippen LogP contribution in [0, 0.1) is 0 Å². The highest BCUT2D eigenvalue weighted by Crippen LogP contribution is 2.10. The fraction of sp³-hybridized carbons (Fsp3) is 1.00. The van der Waals surface area contributed by atoms with Gasteiger partial charge in [0.15, 0.2) is 0 Å². The van der Waals surface area contributed by atoms with Crippen LogP contribution in [0.25, 0.3) is 0 Å². The molecule has 0 atom stereocenters. The van der Waals surface area contributed by atoms with E-state index in [2.05, 4.69) is 18.0 Å². The third-order valence-corrected chi connectivity index (χ3v) is 4.36. The van der Waals surface area contributed by atoms with Crippen LogP contribution in [0.3, 0.4) is 0 Å². The van der Waals surface area contributed by atoms with Gasteiger partial charge in [-0.3, -0.25) is 8.37 Å². The van der Waals surface area contributed by atoms with Crippen LogP contribution in [0.15, 0.2) is 0 Å². The van der Waals surface area contributed by atoms with Crippen molar-refractivity contribution in [3.05, 3.63) is 0 Å². The molecule has 148 valence electrons. The van der Waals surface area contributed by atoms with Crippen molar-refractivity contribution >= 4 is 23.9 Å². The molecule has 0 aliphatic rings. The Morgan fingerprint density at radius 2 is 0.792 bits per heavy atom. The molecular weight excluding hydrogens is 344 g/mol. The highest BCUT2D eigenvalue weighted by molar-refractivity contribution is 7.60. The molecule has 0 aromatic heterocycles. The molecule has 0 bridgehead atoms. The lowest BCUT2D eigenvalue weighted by atomic mass is 10.1. The molecule has 0 aliphatic carbocycles. The van der Waals surface area contributed by atoms with Gasteiger partial charge in [-0.15, -0.1) is 0 Å². The molecule has 4 nitrogen and oxygen atoms in total. The van der Waals surface area contributed by atoms with E-state index >= 15 is 0 Å². The maximum Gasteiger partial charge on any atom is 0.142 e. The van der Waals surface area contributed by atoms with Crippen LogP contribution in [-0.4, -0.2) is 21.6 Å². The van der Waals surface area contributed by atoms with Crippen molar-refractivity contribution in [2.24, 2.45) is 0 Å². The van der Waals surface area contributed by atoms with Gasteiger partial charge in [0.05, 0.1) is 13.2 Å². The summed E-state index contributed by atoms with van der Waals surface area (Å²) in [6.07, 6.45) is 17.9. The normalized spacial score (nSPS) is 10.4. The second-order valence-corrected chi connectivity index (χ2v) is 6.87. The quantitative estimate of drug-likeness (QED) is 0.251. The van der Waals surface area contributed by atoms with Crippen molar-refractivity contribution in [2.75, 3.05) is 13.2 Å². The third-order valence-electron chi connectivity index (χ3n) is 3.78. The van der Waals surface area contributed by atoms with Crippen LogP contribution in [-0.2, 0) is 32.3 Å². The van der Waals surface area contributed by atoms with Crippen LogP contribution < -0.4 is 0 Å². The number of unbranched alkanes of at least 4 members (excludes halogenated alkanes) is 12. The molecule has 0 radical (unpaired) electrons. The first-order chi connectivity index (χ1) is 11.8. The molecule has 0 aliphatic heterocycles. The summed E-state index contributed by atoms with van der Waals surface area (Å²) >= 11 is -0.360. The predicted molar refractivity (Wildman–Crippen MR) is 107 cm³/mol. The number of hydrogen-bond donors (Lipinski definition) is 2. The molecule has 0 saturated heterocycles. The lowest BCUT2D eigenvalue weighted by Crippen LogP contribution is -1.89. The van der Waals surface area contributed by atoms with Gasteiger partial charge >= 0.3 is 0 Å². The van der Waals surface area contributed by atoms with Gasteiger partial charge in [-0.25, -0.2) is 8.42 Å². The van der Waals surface area contributed by atoms with Gasteiger partial charge in [0, 0.05) is 0 Å². The van der Waals surface area contributed by atoms with E-state index in [0.717, 1.165) is 12.8 Å². The maximum atomic E-state index is 9.94. The minimum atomic E-state index is -0.185. The van der Waals surface area contributed by atoms with Crippen molar-refractivity contribution in [3.63, 3.8) is 0 Å². The summed E-state index contributed by atoms with van der Waals surface area (Å²) in [5.74, 6) is 0. The second kappa shape index (κ2) is 28.0. The molecule has 0 unspecified atom stereocenters. The average molecular weight is 385 g/mol. The fourth-order valence-electron chi connectivity index (χ4n) is 2.32. The van der Waals surface area contributed by atoms with Crippen molar-refractivity contribution in [2.45, 2.75) is 104 Å². The Bertz CT molecular complexity index is 241. The molecule has 0 N–H and O–H groups in total. The Balaban J connectivity index is 0. The molecule has 0 aromatic carbocycles. The van der Waals surface area contributed by atoms with E-state index in [-0.39, 0.29) is 23.9 Å². The zero-order valence-corrected chi connectivity index (χ0v) is 17.6. The van der Waals surface area contributed by atoms with E-state index in [1.54, 1.807) is 0 Å². The van der Waals surface area contributed by atoms with Crippen molar-refractivity contribution < 1.29 is 16.8 Å². The summed E-state index contributed by atoms with van der Waals surface area (Å²) in [5, 5.41) is 0. The summed E-state index contributed by atoms with van der Waals surface area (Å²) in [6, 6.07) is 0. The molecule has 24 heavy (non-hydrogen) atoms. The van der Waals surface area contributed by atoms with Gasteiger partial charge in [-0.05, 0) is 12.8 Å². The topological polar surface area (TPSA) is 52.6 Å². The van der Waals surface area contributed by atoms with Gasteiger partial charge in [0.2, 0.25) is 0 Å². The molecule has 0 amide bonds. The Labute approximate surface area is 157 Å². The highest BCUT2D eigenvalue weighted by Gasteiger charge is 1.92. The molecule has 0 heterocycles. The van der Waals surface area contributed by atoms with E-state index in [4.69, 9.17) is 4.18 Å². The zero-order valence-electron chi connectivity index (χ0n) is 15.8. The van der Waals surface area contributed by atoms with E-state index in [1.807, 2.05) is 0 Å². The van der Waals surface area contributed by atoms with Crippen LogP contribution in [0.4, 0.5) is 0 Å². The van der Waals surface area contributed by atoms with Crippen molar-refractivity contribution in [1.82, 2.24) is 0 Å². The van der Waals surface area contributed by atoms with Crippen LogP contribution in [0.5, 0.6) is 0 Å². The molecule has 0 aromatic rings. The Hall–Kier alpha value is 0.220. The smallest absolute Gasteiger partial charge is 0.142 e. The summed E-state index contributed by atoms with van der Waals surface area (Å²) in [5.41, 5.74) is 0. The maximum absolute atomic E-state index is 9.94. The lowest BCUT2D eigenvalue weighted by Gasteiger charge is -2.01. The number of rotatable bonds is 18. The average Bonchev–Trinajstić information content (AvgIpc) is 2.60. The van der Waals surface area contributed by atoms with E-state index in [9.17, 15) is 8.42 Å². The largest absolute Gasteiger partial charge is 0.293 e. The molecule has 0 spiro atoms. The summed E-state index contributed by atoms with van der Waals surface area (Å²) in [4.78, 5) is 0. The standard InChI is InChI=1S/C12H26O2S.C6H14O2S/c1-2-3-4-5-6-7-8-9-10-11-12-14-15-13;1-2-3-4-5-6-8-9-7/h15H,2-12H2,1H3;9H,2-6H2,1H3. The van der Waals surface area contributed by atoms with Crippen LogP contribution >= 0.6 is 0 Å². The first kappa shape index (κ1) is 26.4. The molecule has 0 rings (SSSR count). The van der Waals surface area contributed by atoms with Gasteiger partial charge in [-0.1, -0.05) is 90.9 Å². The molecule has 0 saturated carbocycles. The first-order valence-electron chi connectivity index (χ1n) is 9.72. The minimum Gasteiger partial charge on any atom is -0.293 e. The predicted octanol–water partition coefficient (Wildman–Crippen LogP) is 5.23. The Morgan fingerprint density at radius 3 is 1.12 bits per heavy atom. The molecular formula is C18H40O4S2. The number of hydrogen-bond acceptors (Lipinski definition) is 4. The molecule has 6 heteroatoms. The van der Waals surface area contributed by atoms with E-state index < -0.39 is 0 Å². The first-order valence-corrected chi connectivity index (χ1v) is 11.2. The Morgan fingerprint density at radius 1 is 0.500 bits per heavy atom. The van der Waals surface area contributed by atoms with Gasteiger partial charge in [0.25, 0.3) is 0 Å². The van der Waals surface area contributed by atoms with Gasteiger partial charge in [-0.2, -0.15) is 0 Å². The second-order valence-electron chi connectivity index (χ2n) is 6.06. The van der Waals surface area contributed by atoms with Gasteiger partial charge < -0.3 is 0 Å². The minimum absolute atomic E-state index is 0.175. The van der Waals surface area contributed by atoms with Crippen molar-refractivity contribution in [3.8, 4) is 0 Å². The summed E-state index contributed by atoms with van der Waals surface area (Å²) < 4.78 is 29.0.